The summed E-state index contributed by atoms with van der Waals surface area (Å²) in [6.45, 7) is 5.18. The number of rotatable bonds is 8. The maximum absolute atomic E-state index is 12.5. The minimum atomic E-state index is -0.118. The highest BCUT2D eigenvalue weighted by atomic mass is 16.5. The maximum atomic E-state index is 12.5. The molecule has 1 amide bonds. The molecular formula is C22H25N3O3. The summed E-state index contributed by atoms with van der Waals surface area (Å²) < 4.78 is 12.8. The number of ether oxygens (including phenoxy) is 2. The molecule has 0 saturated heterocycles. The van der Waals surface area contributed by atoms with Crippen molar-refractivity contribution in [1.82, 2.24) is 15.1 Å². The number of methoxy groups -OCH3 is 1. The molecule has 0 fully saturated rings. The van der Waals surface area contributed by atoms with Crippen LogP contribution in [-0.2, 0) is 13.2 Å². The van der Waals surface area contributed by atoms with Crippen LogP contribution < -0.4 is 14.8 Å². The molecule has 1 heterocycles. The zero-order chi connectivity index (χ0) is 19.9. The van der Waals surface area contributed by atoms with Crippen molar-refractivity contribution in [2.24, 2.45) is 0 Å². The highest BCUT2D eigenvalue weighted by Crippen LogP contribution is 2.18. The molecule has 2 aromatic carbocycles. The lowest BCUT2D eigenvalue weighted by Gasteiger charge is -2.15. The zero-order valence-corrected chi connectivity index (χ0v) is 16.4. The van der Waals surface area contributed by atoms with E-state index in [1.165, 1.54) is 0 Å². The first-order valence-corrected chi connectivity index (χ1v) is 9.29. The van der Waals surface area contributed by atoms with Gasteiger partial charge in [-0.25, -0.2) is 0 Å². The van der Waals surface area contributed by atoms with Gasteiger partial charge in [0.25, 0.3) is 5.91 Å². The molecular weight excluding hydrogens is 354 g/mol. The molecule has 1 N–H and O–H groups in total. The molecule has 3 rings (SSSR count). The van der Waals surface area contributed by atoms with Gasteiger partial charge < -0.3 is 14.8 Å². The maximum Gasteiger partial charge on any atom is 0.251 e. The first-order valence-electron chi connectivity index (χ1n) is 9.29. The molecule has 0 radical (unpaired) electrons. The Morgan fingerprint density at radius 3 is 2.39 bits per heavy atom. The van der Waals surface area contributed by atoms with Gasteiger partial charge in [-0.3, -0.25) is 9.48 Å². The normalized spacial score (nSPS) is 11.7. The molecule has 0 spiro atoms. The van der Waals surface area contributed by atoms with Crippen molar-refractivity contribution in [2.75, 3.05) is 7.11 Å². The van der Waals surface area contributed by atoms with Crippen molar-refractivity contribution >= 4 is 5.91 Å². The second kappa shape index (κ2) is 9.08. The van der Waals surface area contributed by atoms with Gasteiger partial charge in [0.05, 0.1) is 18.8 Å². The van der Waals surface area contributed by atoms with E-state index in [0.29, 0.717) is 12.2 Å². The van der Waals surface area contributed by atoms with Crippen molar-refractivity contribution in [1.29, 1.82) is 0 Å². The van der Waals surface area contributed by atoms with Crippen molar-refractivity contribution in [3.8, 4) is 11.5 Å². The van der Waals surface area contributed by atoms with Gasteiger partial charge in [-0.1, -0.05) is 12.1 Å². The van der Waals surface area contributed by atoms with E-state index in [0.717, 1.165) is 29.3 Å². The smallest absolute Gasteiger partial charge is 0.251 e. The third-order valence-electron chi connectivity index (χ3n) is 4.52. The third-order valence-corrected chi connectivity index (χ3v) is 4.52. The first-order chi connectivity index (χ1) is 13.6. The Morgan fingerprint density at radius 1 is 1.07 bits per heavy atom. The summed E-state index contributed by atoms with van der Waals surface area (Å²) in [7, 11) is 1.63. The Balaban J connectivity index is 1.56. The van der Waals surface area contributed by atoms with Crippen LogP contribution in [0.2, 0.25) is 0 Å². The predicted octanol–water partition coefficient (Wildman–Crippen LogP) is 3.98. The average Bonchev–Trinajstić information content (AvgIpc) is 3.22. The minimum absolute atomic E-state index is 0.112. The van der Waals surface area contributed by atoms with Crippen LogP contribution in [0.1, 0.15) is 41.5 Å². The molecule has 28 heavy (non-hydrogen) atoms. The van der Waals surface area contributed by atoms with E-state index in [-0.39, 0.29) is 11.9 Å². The number of hydrogen-bond acceptors (Lipinski definition) is 4. The number of amides is 1. The fourth-order valence-corrected chi connectivity index (χ4v) is 2.92. The van der Waals surface area contributed by atoms with Crippen molar-refractivity contribution < 1.29 is 14.3 Å². The number of carbonyl (C=O) groups is 1. The van der Waals surface area contributed by atoms with Gasteiger partial charge in [-0.2, -0.15) is 5.10 Å². The minimum Gasteiger partial charge on any atom is -0.497 e. The largest absolute Gasteiger partial charge is 0.497 e. The summed E-state index contributed by atoms with van der Waals surface area (Å²) >= 11 is 0. The highest BCUT2D eigenvalue weighted by Gasteiger charge is 2.14. The number of hydrogen-bond donors (Lipinski definition) is 1. The van der Waals surface area contributed by atoms with E-state index in [1.807, 2.05) is 73.1 Å². The van der Waals surface area contributed by atoms with E-state index in [9.17, 15) is 4.79 Å². The second-order valence-corrected chi connectivity index (χ2v) is 6.43. The molecule has 1 unspecified atom stereocenters. The molecule has 1 aromatic heterocycles. The first kappa shape index (κ1) is 19.5. The Morgan fingerprint density at radius 2 is 1.75 bits per heavy atom. The van der Waals surface area contributed by atoms with Gasteiger partial charge in [-0.05, 0) is 61.9 Å². The van der Waals surface area contributed by atoms with E-state index in [2.05, 4.69) is 10.4 Å². The van der Waals surface area contributed by atoms with Crippen molar-refractivity contribution in [3.63, 3.8) is 0 Å². The van der Waals surface area contributed by atoms with Crippen LogP contribution in [0.5, 0.6) is 11.5 Å². The third kappa shape index (κ3) is 4.71. The SMILES string of the molecule is CCn1nccc1C(C)NC(=O)c1ccc(COc2ccc(OC)cc2)cc1. The monoisotopic (exact) mass is 379 g/mol. The molecule has 0 aliphatic heterocycles. The quantitative estimate of drug-likeness (QED) is 0.643. The lowest BCUT2D eigenvalue weighted by atomic mass is 10.1. The molecule has 3 aromatic rings. The Hall–Kier alpha value is -3.28. The topological polar surface area (TPSA) is 65.4 Å². The lowest BCUT2D eigenvalue weighted by molar-refractivity contribution is 0.0938. The Labute approximate surface area is 165 Å². The number of nitrogens with zero attached hydrogens (tertiary/aromatic N) is 2. The Bertz CT molecular complexity index is 902. The molecule has 1 atom stereocenters. The summed E-state index contributed by atoms with van der Waals surface area (Å²) in [5.74, 6) is 1.45. The van der Waals surface area contributed by atoms with E-state index in [1.54, 1.807) is 13.3 Å². The van der Waals surface area contributed by atoms with Crippen LogP contribution in [-0.4, -0.2) is 22.8 Å². The highest BCUT2D eigenvalue weighted by molar-refractivity contribution is 5.94. The van der Waals surface area contributed by atoms with Crippen LogP contribution in [0.15, 0.2) is 60.8 Å². The molecule has 0 aliphatic carbocycles. The van der Waals surface area contributed by atoms with Crippen molar-refractivity contribution in [2.45, 2.75) is 33.0 Å². The van der Waals surface area contributed by atoms with Gasteiger partial charge >= 0.3 is 0 Å². The predicted molar refractivity (Wildman–Crippen MR) is 108 cm³/mol. The van der Waals surface area contributed by atoms with Crippen LogP contribution in [0.4, 0.5) is 0 Å². The van der Waals surface area contributed by atoms with Gasteiger partial charge in [0.1, 0.15) is 18.1 Å². The molecule has 146 valence electrons. The number of nitrogens with one attached hydrogen (secondary N) is 1. The van der Waals surface area contributed by atoms with Gasteiger partial charge in [0.15, 0.2) is 0 Å². The molecule has 0 bridgehead atoms. The van der Waals surface area contributed by atoms with Crippen LogP contribution in [0.25, 0.3) is 0 Å². The summed E-state index contributed by atoms with van der Waals surface area (Å²) in [5, 5.41) is 7.27. The molecule has 0 saturated carbocycles. The van der Waals surface area contributed by atoms with Crippen LogP contribution >= 0.6 is 0 Å². The Kier molecular flexibility index (Phi) is 6.32. The average molecular weight is 379 g/mol. The van der Waals surface area contributed by atoms with Crippen molar-refractivity contribution in [3.05, 3.63) is 77.6 Å². The number of benzene rings is 2. The number of carbonyl (C=O) groups excluding carboxylic acids is 1. The van der Waals surface area contributed by atoms with Gasteiger partial charge in [0, 0.05) is 18.3 Å². The molecule has 6 heteroatoms. The lowest BCUT2D eigenvalue weighted by Crippen LogP contribution is -2.28. The molecule has 0 aliphatic rings. The van der Waals surface area contributed by atoms with Gasteiger partial charge in [0.2, 0.25) is 0 Å². The summed E-state index contributed by atoms with van der Waals surface area (Å²) in [4.78, 5) is 12.5. The standard InChI is InChI=1S/C22H25N3O3/c1-4-25-21(13-14-23-25)16(2)24-22(26)18-7-5-17(6-8-18)15-28-20-11-9-19(27-3)10-12-20/h5-14,16H,4,15H2,1-3H3,(H,24,26). The summed E-state index contributed by atoms with van der Waals surface area (Å²) in [5.41, 5.74) is 2.59. The summed E-state index contributed by atoms with van der Waals surface area (Å²) in [6.07, 6.45) is 1.75. The number of aryl methyl sites for hydroxylation is 1. The number of aromatic nitrogens is 2. The second-order valence-electron chi connectivity index (χ2n) is 6.43. The van der Waals surface area contributed by atoms with E-state index >= 15 is 0 Å². The molecule has 6 nitrogen and oxygen atoms in total. The van der Waals surface area contributed by atoms with Crippen LogP contribution in [0, 0.1) is 0 Å². The van der Waals surface area contributed by atoms with E-state index in [4.69, 9.17) is 9.47 Å². The fraction of sp³-hybridized carbons (Fsp3) is 0.273. The van der Waals surface area contributed by atoms with Gasteiger partial charge in [-0.15, -0.1) is 0 Å². The fourth-order valence-electron chi connectivity index (χ4n) is 2.92. The van der Waals surface area contributed by atoms with E-state index < -0.39 is 0 Å². The van der Waals surface area contributed by atoms with Crippen LogP contribution in [0.3, 0.4) is 0 Å². The zero-order valence-electron chi connectivity index (χ0n) is 16.4. The summed E-state index contributed by atoms with van der Waals surface area (Å²) in [6, 6.07) is 16.7.